The fraction of sp³-hybridized carbons (Fsp3) is 0.150. The van der Waals surface area contributed by atoms with E-state index >= 15 is 0 Å². The number of pyridine rings is 1. The second-order valence-corrected chi connectivity index (χ2v) is 5.90. The zero-order valence-electron chi connectivity index (χ0n) is 13.9. The molecule has 1 heterocycles. The van der Waals surface area contributed by atoms with Crippen LogP contribution in [0.5, 0.6) is 11.8 Å². The Morgan fingerprint density at radius 3 is 2.16 bits per heavy atom. The van der Waals surface area contributed by atoms with Gasteiger partial charge >= 0.3 is 0 Å². The lowest BCUT2D eigenvalue weighted by Gasteiger charge is -2.18. The van der Waals surface area contributed by atoms with Gasteiger partial charge < -0.3 is 14.6 Å². The highest BCUT2D eigenvalue weighted by Gasteiger charge is 2.21. The van der Waals surface area contributed by atoms with E-state index in [1.807, 2.05) is 48.5 Å². The first-order chi connectivity index (χ1) is 12.1. The van der Waals surface area contributed by atoms with Gasteiger partial charge in [0.2, 0.25) is 11.8 Å². The zero-order chi connectivity index (χ0) is 17.8. The van der Waals surface area contributed by atoms with Gasteiger partial charge in [-0.2, -0.15) is 4.98 Å². The molecule has 128 valence electrons. The number of methoxy groups -OCH3 is 2. The molecule has 3 aromatic rings. The molecule has 0 fully saturated rings. The maximum absolute atomic E-state index is 10.8. The van der Waals surface area contributed by atoms with Gasteiger partial charge in [-0.1, -0.05) is 54.1 Å². The van der Waals surface area contributed by atoms with Gasteiger partial charge in [-0.3, -0.25) is 0 Å². The van der Waals surface area contributed by atoms with Crippen LogP contribution in [0.3, 0.4) is 0 Å². The Bertz CT molecular complexity index is 851. The van der Waals surface area contributed by atoms with Gasteiger partial charge in [0.1, 0.15) is 6.10 Å². The van der Waals surface area contributed by atoms with E-state index in [1.54, 1.807) is 19.2 Å². The molecule has 0 saturated carbocycles. The molecule has 0 saturated heterocycles. The van der Waals surface area contributed by atoms with Gasteiger partial charge in [-0.05, 0) is 29.3 Å². The number of hydrogen-bond donors (Lipinski definition) is 1. The Morgan fingerprint density at radius 1 is 0.920 bits per heavy atom. The van der Waals surface area contributed by atoms with E-state index in [9.17, 15) is 5.11 Å². The predicted molar refractivity (Wildman–Crippen MR) is 98.3 cm³/mol. The van der Waals surface area contributed by atoms with Crippen LogP contribution in [0.2, 0.25) is 5.02 Å². The molecule has 0 aliphatic carbocycles. The molecule has 1 atom stereocenters. The van der Waals surface area contributed by atoms with Crippen LogP contribution in [-0.4, -0.2) is 24.3 Å². The van der Waals surface area contributed by atoms with Crippen molar-refractivity contribution in [3.05, 3.63) is 76.8 Å². The van der Waals surface area contributed by atoms with Crippen molar-refractivity contribution < 1.29 is 14.6 Å². The molecule has 1 unspecified atom stereocenters. The summed E-state index contributed by atoms with van der Waals surface area (Å²) in [5, 5.41) is 11.4. The van der Waals surface area contributed by atoms with Crippen LogP contribution in [0.15, 0.2) is 60.7 Å². The molecule has 5 heteroatoms. The number of aromatic nitrogens is 1. The normalized spacial score (nSPS) is 11.8. The second kappa shape index (κ2) is 7.55. The predicted octanol–water partition coefficient (Wildman–Crippen LogP) is 4.50. The molecule has 0 bridgehead atoms. The summed E-state index contributed by atoms with van der Waals surface area (Å²) < 4.78 is 10.8. The minimum atomic E-state index is -0.861. The van der Waals surface area contributed by atoms with Crippen molar-refractivity contribution in [2.24, 2.45) is 0 Å². The topological polar surface area (TPSA) is 51.6 Å². The van der Waals surface area contributed by atoms with Gasteiger partial charge in [0, 0.05) is 16.1 Å². The number of rotatable bonds is 5. The maximum Gasteiger partial charge on any atom is 0.224 e. The molecule has 0 radical (unpaired) electrons. The Labute approximate surface area is 151 Å². The van der Waals surface area contributed by atoms with Gasteiger partial charge in [0.25, 0.3) is 0 Å². The van der Waals surface area contributed by atoms with Crippen LogP contribution in [0.4, 0.5) is 0 Å². The summed E-state index contributed by atoms with van der Waals surface area (Å²) >= 11 is 5.98. The van der Waals surface area contributed by atoms with E-state index in [0.717, 1.165) is 16.7 Å². The number of ether oxygens (including phenoxy) is 2. The molecule has 25 heavy (non-hydrogen) atoms. The lowest BCUT2D eigenvalue weighted by Crippen LogP contribution is -2.06. The van der Waals surface area contributed by atoms with E-state index < -0.39 is 6.10 Å². The quantitative estimate of drug-likeness (QED) is 0.732. The van der Waals surface area contributed by atoms with Gasteiger partial charge in [0.05, 0.1) is 14.2 Å². The highest BCUT2D eigenvalue weighted by Crippen LogP contribution is 2.37. The highest BCUT2D eigenvalue weighted by atomic mass is 35.5. The number of aliphatic hydroxyl groups excluding tert-OH is 1. The van der Waals surface area contributed by atoms with Crippen LogP contribution >= 0.6 is 11.6 Å². The smallest absolute Gasteiger partial charge is 0.224 e. The number of hydrogen-bond acceptors (Lipinski definition) is 4. The van der Waals surface area contributed by atoms with E-state index in [4.69, 9.17) is 21.1 Å². The van der Waals surface area contributed by atoms with Crippen LogP contribution in [0.25, 0.3) is 11.1 Å². The Hall–Kier alpha value is -2.56. The van der Waals surface area contributed by atoms with Crippen molar-refractivity contribution in [2.45, 2.75) is 6.10 Å². The van der Waals surface area contributed by atoms with Crippen LogP contribution in [0.1, 0.15) is 17.2 Å². The summed E-state index contributed by atoms with van der Waals surface area (Å²) in [6.07, 6.45) is -0.861. The van der Waals surface area contributed by atoms with E-state index in [0.29, 0.717) is 22.3 Å². The summed E-state index contributed by atoms with van der Waals surface area (Å²) in [6, 6.07) is 18.6. The van der Waals surface area contributed by atoms with E-state index in [1.165, 1.54) is 7.11 Å². The van der Waals surface area contributed by atoms with Crippen molar-refractivity contribution >= 4 is 11.6 Å². The third kappa shape index (κ3) is 3.60. The first-order valence-electron chi connectivity index (χ1n) is 7.76. The van der Waals surface area contributed by atoms with E-state index in [-0.39, 0.29) is 0 Å². The molecule has 1 N–H and O–H groups in total. The zero-order valence-corrected chi connectivity index (χ0v) is 14.7. The molecule has 2 aromatic carbocycles. The van der Waals surface area contributed by atoms with Gasteiger partial charge in [-0.25, -0.2) is 0 Å². The van der Waals surface area contributed by atoms with E-state index in [2.05, 4.69) is 4.98 Å². The van der Waals surface area contributed by atoms with Crippen molar-refractivity contribution in [2.75, 3.05) is 14.2 Å². The number of aliphatic hydroxyl groups is 1. The molecular weight excluding hydrogens is 338 g/mol. The van der Waals surface area contributed by atoms with Crippen molar-refractivity contribution in [1.82, 2.24) is 4.98 Å². The summed E-state index contributed by atoms with van der Waals surface area (Å²) in [5.41, 5.74) is 2.97. The van der Waals surface area contributed by atoms with Crippen molar-refractivity contribution in [1.29, 1.82) is 0 Å². The highest BCUT2D eigenvalue weighted by molar-refractivity contribution is 6.30. The third-order valence-corrected chi connectivity index (χ3v) is 4.18. The minimum Gasteiger partial charge on any atom is -0.481 e. The first kappa shape index (κ1) is 17.3. The average molecular weight is 356 g/mol. The third-order valence-electron chi connectivity index (χ3n) is 3.93. The van der Waals surface area contributed by atoms with Gasteiger partial charge in [0.15, 0.2) is 0 Å². The Morgan fingerprint density at radius 2 is 1.56 bits per heavy atom. The monoisotopic (exact) mass is 355 g/mol. The Kier molecular flexibility index (Phi) is 5.22. The lowest BCUT2D eigenvalue weighted by atomic mass is 9.98. The molecular formula is C20H18ClNO3. The fourth-order valence-electron chi connectivity index (χ4n) is 2.66. The largest absolute Gasteiger partial charge is 0.481 e. The molecule has 3 rings (SSSR count). The van der Waals surface area contributed by atoms with Crippen molar-refractivity contribution in [3.8, 4) is 22.9 Å². The summed E-state index contributed by atoms with van der Waals surface area (Å²) in [5.74, 6) is 0.745. The van der Waals surface area contributed by atoms with Crippen LogP contribution < -0.4 is 9.47 Å². The first-order valence-corrected chi connectivity index (χ1v) is 8.13. The maximum atomic E-state index is 10.8. The molecule has 0 amide bonds. The summed E-state index contributed by atoms with van der Waals surface area (Å²) in [4.78, 5) is 4.42. The van der Waals surface area contributed by atoms with Crippen molar-refractivity contribution in [3.63, 3.8) is 0 Å². The molecule has 4 nitrogen and oxygen atoms in total. The van der Waals surface area contributed by atoms with Crippen LogP contribution in [0, 0.1) is 0 Å². The van der Waals surface area contributed by atoms with Crippen LogP contribution in [-0.2, 0) is 0 Å². The Balaban J connectivity index is 2.14. The van der Waals surface area contributed by atoms with Gasteiger partial charge in [-0.15, -0.1) is 0 Å². The second-order valence-electron chi connectivity index (χ2n) is 5.46. The minimum absolute atomic E-state index is 0.325. The summed E-state index contributed by atoms with van der Waals surface area (Å²) in [7, 11) is 3.07. The standard InChI is InChI=1S/C20H18ClNO3/c1-24-19-16(13-8-10-15(21)11-9-13)12-17(20(22-19)25-2)18(23)14-6-4-3-5-7-14/h3-12,18,23H,1-2H3. The number of halogens is 1. The molecule has 0 spiro atoms. The number of nitrogens with zero attached hydrogens (tertiary/aromatic N) is 1. The fourth-order valence-corrected chi connectivity index (χ4v) is 2.79. The SMILES string of the molecule is COc1nc(OC)c(C(O)c2ccccc2)cc1-c1ccc(Cl)cc1. The molecule has 0 aliphatic heterocycles. The number of benzene rings is 2. The summed E-state index contributed by atoms with van der Waals surface area (Å²) in [6.45, 7) is 0. The molecule has 1 aromatic heterocycles. The lowest BCUT2D eigenvalue weighted by molar-refractivity contribution is 0.212. The average Bonchev–Trinajstić information content (AvgIpc) is 2.67. The molecule has 0 aliphatic rings.